The van der Waals surface area contributed by atoms with Crippen LogP contribution in [-0.2, 0) is 11.5 Å². The molecule has 1 aromatic heterocycles. The van der Waals surface area contributed by atoms with Crippen LogP contribution in [-0.4, -0.2) is 29.0 Å². The highest BCUT2D eigenvalue weighted by Gasteiger charge is 2.17. The summed E-state index contributed by atoms with van der Waals surface area (Å²) in [4.78, 5) is 28.0. The number of nitrogens with zero attached hydrogens (tertiary/aromatic N) is 4. The summed E-state index contributed by atoms with van der Waals surface area (Å²) >= 11 is 0. The Hall–Kier alpha value is -2.50. The van der Waals surface area contributed by atoms with Gasteiger partial charge in [0, 0.05) is 14.7 Å². The van der Waals surface area contributed by atoms with Gasteiger partial charge in [0.1, 0.15) is 6.73 Å². The van der Waals surface area contributed by atoms with Gasteiger partial charge in [-0.3, -0.25) is 4.79 Å². The molecule has 0 saturated heterocycles. The third-order valence-electron chi connectivity index (χ3n) is 3.64. The first-order valence-corrected chi connectivity index (χ1v) is 11.7. The van der Waals surface area contributed by atoms with Gasteiger partial charge in [0.25, 0.3) is 5.56 Å². The van der Waals surface area contributed by atoms with Crippen LogP contribution in [0.4, 0.5) is 5.82 Å². The molecule has 0 amide bonds. The van der Waals surface area contributed by atoms with Crippen LogP contribution in [0.25, 0.3) is 10.5 Å². The van der Waals surface area contributed by atoms with Crippen LogP contribution in [0.15, 0.2) is 33.9 Å². The molecule has 7 nitrogen and oxygen atoms in total. The zero-order valence-electron chi connectivity index (χ0n) is 14.9. The minimum absolute atomic E-state index is 0.181. The quantitative estimate of drug-likeness (QED) is 0.452. The van der Waals surface area contributed by atoms with Gasteiger partial charge >= 0.3 is 11.5 Å². The van der Waals surface area contributed by atoms with Crippen molar-refractivity contribution < 1.29 is 4.74 Å². The maximum atomic E-state index is 12.6. The summed E-state index contributed by atoms with van der Waals surface area (Å²) < 4.78 is 7.51. The molecule has 0 bridgehead atoms. The molecule has 25 heavy (non-hydrogen) atoms. The molecule has 0 unspecified atom stereocenters. The minimum atomic E-state index is -1.27. The van der Waals surface area contributed by atoms with Crippen molar-refractivity contribution in [1.29, 1.82) is 0 Å². The molecule has 1 heterocycles. The number of aryl methyl sites for hydroxylation is 1. The van der Waals surface area contributed by atoms with Crippen molar-refractivity contribution in [2.75, 3.05) is 6.61 Å². The van der Waals surface area contributed by atoms with Crippen LogP contribution in [0.3, 0.4) is 0 Å². The molecule has 0 aliphatic heterocycles. The van der Waals surface area contributed by atoms with Gasteiger partial charge in [-0.2, -0.15) is 0 Å². The first-order chi connectivity index (χ1) is 11.7. The van der Waals surface area contributed by atoms with Crippen molar-refractivity contribution in [3.63, 3.8) is 0 Å². The number of hydrogen-bond donors (Lipinski definition) is 0. The number of ether oxygens (including phenoxy) is 1. The van der Waals surface area contributed by atoms with E-state index in [2.05, 4.69) is 29.6 Å². The Labute approximate surface area is 147 Å². The predicted octanol–water partition coefficient (Wildman–Crippen LogP) is 2.57. The Bertz CT molecular complexity index is 902. The average Bonchev–Trinajstić information content (AvgIpc) is 2.54. The van der Waals surface area contributed by atoms with Gasteiger partial charge in [0.2, 0.25) is 0 Å². The lowest BCUT2D eigenvalue weighted by atomic mass is 10.2. The molecule has 0 aliphatic carbocycles. The van der Waals surface area contributed by atoms with E-state index in [4.69, 9.17) is 11.3 Å². The van der Waals surface area contributed by atoms with Crippen molar-refractivity contribution >= 4 is 13.9 Å². The van der Waals surface area contributed by atoms with Gasteiger partial charge in [-0.25, -0.2) is 9.36 Å². The maximum absolute atomic E-state index is 12.6. The van der Waals surface area contributed by atoms with E-state index >= 15 is 0 Å². The monoisotopic (exact) mass is 358 g/mol. The van der Waals surface area contributed by atoms with E-state index in [1.165, 1.54) is 0 Å². The van der Waals surface area contributed by atoms with Crippen LogP contribution in [0.5, 0.6) is 0 Å². The largest absolute Gasteiger partial charge is 0.370 e. The van der Waals surface area contributed by atoms with Crippen molar-refractivity contribution in [1.82, 2.24) is 14.3 Å². The molecule has 0 saturated carbocycles. The second-order valence-corrected chi connectivity index (χ2v) is 12.7. The fraction of sp³-hybridized carbons (Fsp3) is 0.412. The summed E-state index contributed by atoms with van der Waals surface area (Å²) in [6.07, 6.45) is 0. The van der Waals surface area contributed by atoms with Crippen molar-refractivity contribution in [3.8, 4) is 5.69 Å². The molecule has 0 spiro atoms. The Morgan fingerprint density at radius 3 is 2.40 bits per heavy atom. The van der Waals surface area contributed by atoms with E-state index in [-0.39, 0.29) is 12.5 Å². The first-order valence-electron chi connectivity index (χ1n) is 7.99. The predicted molar refractivity (Wildman–Crippen MR) is 99.2 cm³/mol. The highest BCUT2D eigenvalue weighted by molar-refractivity contribution is 6.76. The molecule has 8 heteroatoms. The Morgan fingerprint density at radius 2 is 1.84 bits per heavy atom. The van der Waals surface area contributed by atoms with E-state index in [9.17, 15) is 9.59 Å². The molecule has 1 aromatic carbocycles. The second kappa shape index (κ2) is 7.59. The summed E-state index contributed by atoms with van der Waals surface area (Å²) in [6.45, 7) is 16.0. The van der Waals surface area contributed by atoms with Gasteiger partial charge in [-0.15, -0.1) is 4.68 Å². The molecule has 0 N–H and O–H groups in total. The second-order valence-electron chi connectivity index (χ2n) is 7.05. The van der Waals surface area contributed by atoms with Crippen LogP contribution in [0, 0.1) is 13.5 Å². The number of rotatable bonds is 6. The standard InChI is InChI=1S/C17H22N4O3Si/c1-13-6-8-14(9-7-13)21-17(23)20(16(22)15(18-2)19-21)12-24-10-11-25(3,4)5/h6-9H,10-12H2,1,3-5H3. The van der Waals surface area contributed by atoms with E-state index in [0.717, 1.165) is 20.9 Å². The summed E-state index contributed by atoms with van der Waals surface area (Å²) in [7, 11) is -1.27. The fourth-order valence-corrected chi connectivity index (χ4v) is 2.83. The summed E-state index contributed by atoms with van der Waals surface area (Å²) in [6, 6.07) is 8.03. The Morgan fingerprint density at radius 1 is 1.20 bits per heavy atom. The maximum Gasteiger partial charge on any atom is 0.370 e. The number of aromatic nitrogens is 3. The first kappa shape index (κ1) is 18.8. The van der Waals surface area contributed by atoms with Crippen molar-refractivity contribution in [2.45, 2.75) is 39.3 Å². The van der Waals surface area contributed by atoms with Gasteiger partial charge in [0.05, 0.1) is 5.69 Å². The van der Waals surface area contributed by atoms with E-state index in [1.54, 1.807) is 12.1 Å². The normalized spacial score (nSPS) is 11.3. The lowest BCUT2D eigenvalue weighted by molar-refractivity contribution is 0.0806. The molecule has 132 valence electrons. The van der Waals surface area contributed by atoms with Crippen LogP contribution < -0.4 is 11.2 Å². The van der Waals surface area contributed by atoms with E-state index < -0.39 is 19.3 Å². The Balaban J connectivity index is 2.37. The summed E-state index contributed by atoms with van der Waals surface area (Å²) in [5.41, 5.74) is 0.187. The highest BCUT2D eigenvalue weighted by Crippen LogP contribution is 2.09. The molecule has 0 fully saturated rings. The van der Waals surface area contributed by atoms with Crippen molar-refractivity contribution in [3.05, 3.63) is 62.1 Å². The van der Waals surface area contributed by atoms with Crippen LogP contribution in [0.1, 0.15) is 5.56 Å². The lowest BCUT2D eigenvalue weighted by Crippen LogP contribution is -2.41. The number of hydrogen-bond acceptors (Lipinski definition) is 4. The number of benzene rings is 1. The zero-order valence-corrected chi connectivity index (χ0v) is 15.9. The van der Waals surface area contributed by atoms with Crippen LogP contribution >= 0.6 is 0 Å². The van der Waals surface area contributed by atoms with E-state index in [1.807, 2.05) is 19.1 Å². The van der Waals surface area contributed by atoms with Gasteiger partial charge < -0.3 is 9.58 Å². The third kappa shape index (κ3) is 4.75. The average molecular weight is 358 g/mol. The molecular formula is C17H22N4O3Si. The molecule has 0 atom stereocenters. The van der Waals surface area contributed by atoms with Gasteiger partial charge in [0.15, 0.2) is 0 Å². The third-order valence-corrected chi connectivity index (χ3v) is 5.35. The molecule has 2 aromatic rings. The van der Waals surface area contributed by atoms with Crippen LogP contribution in [0.2, 0.25) is 25.7 Å². The molecular weight excluding hydrogens is 336 g/mol. The summed E-state index contributed by atoms with van der Waals surface area (Å²) in [5, 5.41) is 3.89. The van der Waals surface area contributed by atoms with Crippen molar-refractivity contribution in [2.24, 2.45) is 0 Å². The smallest absolute Gasteiger partial charge is 0.361 e. The minimum Gasteiger partial charge on any atom is -0.361 e. The highest BCUT2D eigenvalue weighted by atomic mass is 28.3. The Kier molecular flexibility index (Phi) is 5.72. The molecule has 0 aliphatic rings. The topological polar surface area (TPSA) is 70.5 Å². The SMILES string of the molecule is [C-]#[N+]c1nn(-c2ccc(C)cc2)c(=O)n(COCC[Si](C)(C)C)c1=O. The summed E-state index contributed by atoms with van der Waals surface area (Å²) in [5.74, 6) is -0.353. The fourth-order valence-electron chi connectivity index (χ4n) is 2.07. The van der Waals surface area contributed by atoms with Gasteiger partial charge in [-0.05, 0) is 30.2 Å². The molecule has 0 radical (unpaired) electrons. The lowest BCUT2D eigenvalue weighted by Gasteiger charge is -2.15. The molecule has 2 rings (SSSR count). The zero-order chi connectivity index (χ0) is 18.6. The van der Waals surface area contributed by atoms with Gasteiger partial charge in [-0.1, -0.05) is 43.9 Å². The van der Waals surface area contributed by atoms with E-state index in [0.29, 0.717) is 12.3 Å².